The van der Waals surface area contributed by atoms with Gasteiger partial charge in [-0.15, -0.1) is 0 Å². The molecular formula is C16H19NS. The van der Waals surface area contributed by atoms with Crippen LogP contribution in [0.15, 0.2) is 53.4 Å². The van der Waals surface area contributed by atoms with Gasteiger partial charge in [0.1, 0.15) is 5.37 Å². The second-order valence-corrected chi connectivity index (χ2v) is 5.20. The van der Waals surface area contributed by atoms with Gasteiger partial charge in [0.25, 0.3) is 0 Å². The fourth-order valence-corrected chi connectivity index (χ4v) is 3.10. The molecule has 94 valence electrons. The van der Waals surface area contributed by atoms with Gasteiger partial charge in [-0.3, -0.25) is 0 Å². The number of hydrogen-bond donors (Lipinski definition) is 1. The van der Waals surface area contributed by atoms with Gasteiger partial charge in [0, 0.05) is 10.6 Å². The molecule has 0 saturated carbocycles. The molecule has 0 aliphatic carbocycles. The quantitative estimate of drug-likeness (QED) is 0.750. The van der Waals surface area contributed by atoms with Crippen molar-refractivity contribution in [3.05, 3.63) is 59.7 Å². The number of rotatable bonds is 1. The highest BCUT2D eigenvalue weighted by Gasteiger charge is 2.21. The Balaban J connectivity index is 0.000000574. The van der Waals surface area contributed by atoms with E-state index in [0.29, 0.717) is 5.37 Å². The lowest BCUT2D eigenvalue weighted by molar-refractivity contribution is 1.13. The number of fused-ring (bicyclic) bond motifs is 1. The van der Waals surface area contributed by atoms with Crippen molar-refractivity contribution in [2.75, 3.05) is 5.32 Å². The Hall–Kier alpha value is -1.41. The minimum atomic E-state index is 0.359. The van der Waals surface area contributed by atoms with Crippen molar-refractivity contribution >= 4 is 17.4 Å². The summed E-state index contributed by atoms with van der Waals surface area (Å²) in [5.41, 5.74) is 3.91. The van der Waals surface area contributed by atoms with Crippen LogP contribution in [0.5, 0.6) is 0 Å². The average Bonchev–Trinajstić information content (AvgIpc) is 2.85. The van der Waals surface area contributed by atoms with Gasteiger partial charge in [-0.05, 0) is 24.6 Å². The van der Waals surface area contributed by atoms with E-state index in [1.165, 1.54) is 21.7 Å². The number of thioether (sulfide) groups is 1. The Kier molecular flexibility index (Phi) is 4.32. The third-order valence-electron chi connectivity index (χ3n) is 2.76. The molecule has 1 aliphatic heterocycles. The van der Waals surface area contributed by atoms with Crippen LogP contribution in [0.2, 0.25) is 0 Å². The Bertz CT molecular complexity index is 497. The molecule has 1 atom stereocenters. The lowest BCUT2D eigenvalue weighted by Crippen LogP contribution is -2.00. The van der Waals surface area contributed by atoms with E-state index in [-0.39, 0.29) is 0 Å². The molecule has 0 bridgehead atoms. The van der Waals surface area contributed by atoms with Crippen LogP contribution < -0.4 is 5.32 Å². The molecule has 2 heteroatoms. The van der Waals surface area contributed by atoms with Gasteiger partial charge < -0.3 is 5.32 Å². The number of hydrogen-bond acceptors (Lipinski definition) is 2. The van der Waals surface area contributed by atoms with Crippen molar-refractivity contribution in [2.24, 2.45) is 0 Å². The molecule has 1 unspecified atom stereocenters. The molecule has 18 heavy (non-hydrogen) atoms. The maximum absolute atomic E-state index is 3.54. The first-order chi connectivity index (χ1) is 8.83. The monoisotopic (exact) mass is 257 g/mol. The SMILES string of the molecule is CC.Cc1cccc(C2Nc3ccccc3S2)c1. The third kappa shape index (κ3) is 2.70. The normalized spacial score (nSPS) is 16.3. The second kappa shape index (κ2) is 5.96. The van der Waals surface area contributed by atoms with Crippen LogP contribution in [0.25, 0.3) is 0 Å². The van der Waals surface area contributed by atoms with E-state index in [0.717, 1.165) is 0 Å². The topological polar surface area (TPSA) is 12.0 Å². The minimum Gasteiger partial charge on any atom is -0.368 e. The Morgan fingerprint density at radius 2 is 1.78 bits per heavy atom. The van der Waals surface area contributed by atoms with E-state index >= 15 is 0 Å². The number of nitrogens with one attached hydrogen (secondary N) is 1. The van der Waals surface area contributed by atoms with Crippen molar-refractivity contribution in [1.29, 1.82) is 0 Å². The highest BCUT2D eigenvalue weighted by atomic mass is 32.2. The molecule has 1 aliphatic rings. The molecular weight excluding hydrogens is 238 g/mol. The minimum absolute atomic E-state index is 0.359. The second-order valence-electron chi connectivity index (χ2n) is 4.05. The molecule has 0 aromatic heterocycles. The summed E-state index contributed by atoms with van der Waals surface area (Å²) in [7, 11) is 0. The molecule has 0 saturated heterocycles. The van der Waals surface area contributed by atoms with Crippen LogP contribution in [0.3, 0.4) is 0 Å². The van der Waals surface area contributed by atoms with Crippen LogP contribution in [0.4, 0.5) is 5.69 Å². The van der Waals surface area contributed by atoms with Crippen LogP contribution in [-0.4, -0.2) is 0 Å². The first kappa shape index (κ1) is 13.0. The van der Waals surface area contributed by atoms with Gasteiger partial charge in [-0.25, -0.2) is 0 Å². The van der Waals surface area contributed by atoms with Crippen LogP contribution in [-0.2, 0) is 0 Å². The highest BCUT2D eigenvalue weighted by Crippen LogP contribution is 2.46. The van der Waals surface area contributed by atoms with Crippen LogP contribution in [0.1, 0.15) is 30.3 Å². The fourth-order valence-electron chi connectivity index (χ4n) is 1.97. The molecule has 0 amide bonds. The molecule has 0 spiro atoms. The summed E-state index contributed by atoms with van der Waals surface area (Å²) in [6.07, 6.45) is 0. The van der Waals surface area contributed by atoms with Gasteiger partial charge in [0.2, 0.25) is 0 Å². The molecule has 2 aromatic carbocycles. The number of anilines is 1. The van der Waals surface area contributed by atoms with E-state index in [1.807, 2.05) is 25.6 Å². The Morgan fingerprint density at radius 3 is 2.50 bits per heavy atom. The zero-order valence-electron chi connectivity index (χ0n) is 11.1. The lowest BCUT2D eigenvalue weighted by Gasteiger charge is -2.11. The highest BCUT2D eigenvalue weighted by molar-refractivity contribution is 8.00. The number of para-hydroxylation sites is 1. The smallest absolute Gasteiger partial charge is 0.103 e. The molecule has 0 fully saturated rings. The van der Waals surface area contributed by atoms with Crippen molar-refractivity contribution in [1.82, 2.24) is 0 Å². The largest absolute Gasteiger partial charge is 0.368 e. The summed E-state index contributed by atoms with van der Waals surface area (Å²) in [5.74, 6) is 0. The van der Waals surface area contributed by atoms with Gasteiger partial charge in [0.05, 0.1) is 0 Å². The molecule has 1 nitrogen and oxygen atoms in total. The Labute approximate surface area is 114 Å². The summed E-state index contributed by atoms with van der Waals surface area (Å²) >= 11 is 1.89. The number of aryl methyl sites for hydroxylation is 1. The predicted molar refractivity (Wildman–Crippen MR) is 81.2 cm³/mol. The van der Waals surface area contributed by atoms with E-state index in [4.69, 9.17) is 0 Å². The zero-order chi connectivity index (χ0) is 13.0. The van der Waals surface area contributed by atoms with Gasteiger partial charge in [0.15, 0.2) is 0 Å². The van der Waals surface area contributed by atoms with E-state index in [9.17, 15) is 0 Å². The van der Waals surface area contributed by atoms with Crippen molar-refractivity contribution < 1.29 is 0 Å². The summed E-state index contributed by atoms with van der Waals surface area (Å²) in [5, 5.41) is 3.90. The summed E-state index contributed by atoms with van der Waals surface area (Å²) in [6, 6.07) is 17.2. The van der Waals surface area contributed by atoms with Crippen LogP contribution >= 0.6 is 11.8 Å². The Morgan fingerprint density at radius 1 is 1.00 bits per heavy atom. The van der Waals surface area contributed by atoms with Crippen molar-refractivity contribution in [3.63, 3.8) is 0 Å². The first-order valence-corrected chi connectivity index (χ1v) is 7.30. The van der Waals surface area contributed by atoms with Gasteiger partial charge in [-0.1, -0.05) is 67.6 Å². The third-order valence-corrected chi connectivity index (χ3v) is 4.00. The van der Waals surface area contributed by atoms with Crippen molar-refractivity contribution in [2.45, 2.75) is 31.0 Å². The van der Waals surface area contributed by atoms with Gasteiger partial charge >= 0.3 is 0 Å². The summed E-state index contributed by atoms with van der Waals surface area (Å²) < 4.78 is 0. The lowest BCUT2D eigenvalue weighted by atomic mass is 10.1. The molecule has 1 N–H and O–H groups in total. The van der Waals surface area contributed by atoms with E-state index < -0.39 is 0 Å². The zero-order valence-corrected chi connectivity index (χ0v) is 11.9. The van der Waals surface area contributed by atoms with Crippen LogP contribution in [0, 0.1) is 6.92 Å². The first-order valence-electron chi connectivity index (χ1n) is 6.42. The fraction of sp³-hybridized carbons (Fsp3) is 0.250. The molecule has 1 heterocycles. The maximum Gasteiger partial charge on any atom is 0.103 e. The standard InChI is InChI=1S/C14H13NS.C2H6/c1-10-5-4-6-11(9-10)14-15-12-7-2-3-8-13(12)16-14;1-2/h2-9,14-15H,1H3;1-2H3. The molecule has 2 aromatic rings. The summed E-state index contributed by atoms with van der Waals surface area (Å²) in [4.78, 5) is 1.34. The number of benzene rings is 2. The van der Waals surface area contributed by atoms with Crippen molar-refractivity contribution in [3.8, 4) is 0 Å². The van der Waals surface area contributed by atoms with Gasteiger partial charge in [-0.2, -0.15) is 0 Å². The predicted octanol–water partition coefficient (Wildman–Crippen LogP) is 5.24. The average molecular weight is 257 g/mol. The maximum atomic E-state index is 3.54. The molecule has 0 radical (unpaired) electrons. The molecule has 3 rings (SSSR count). The van der Waals surface area contributed by atoms with E-state index in [2.05, 4.69) is 60.8 Å². The summed E-state index contributed by atoms with van der Waals surface area (Å²) in [6.45, 7) is 6.14. The van der Waals surface area contributed by atoms with E-state index in [1.54, 1.807) is 0 Å².